The van der Waals surface area contributed by atoms with Crippen LogP contribution < -0.4 is 0 Å². The van der Waals surface area contributed by atoms with Gasteiger partial charge in [0.1, 0.15) is 0 Å². The van der Waals surface area contributed by atoms with Crippen LogP contribution >= 0.6 is 11.6 Å². The molecular formula is C13H9ClN4O. The normalized spacial score (nSPS) is 13.8. The van der Waals surface area contributed by atoms with Crippen molar-refractivity contribution >= 4 is 23.2 Å². The molecule has 0 N–H and O–H groups in total. The van der Waals surface area contributed by atoms with E-state index in [-0.39, 0.29) is 5.69 Å². The minimum absolute atomic E-state index is 0.261. The third-order valence-corrected chi connectivity index (χ3v) is 3.27. The molecule has 1 amide bonds. The van der Waals surface area contributed by atoms with E-state index in [2.05, 4.69) is 21.9 Å². The predicted octanol–water partition coefficient (Wildman–Crippen LogP) is 3.41. The Labute approximate surface area is 114 Å². The minimum Gasteiger partial charge on any atom is -0.263 e. The second kappa shape index (κ2) is 4.13. The molecule has 1 aliphatic heterocycles. The topological polar surface area (TPSA) is 59.6 Å². The van der Waals surface area contributed by atoms with Gasteiger partial charge in [-0.25, -0.2) is 4.68 Å². The maximum atomic E-state index is 11.7. The molecule has 6 heteroatoms. The summed E-state index contributed by atoms with van der Waals surface area (Å²) in [6.45, 7) is 5.62. The van der Waals surface area contributed by atoms with Crippen molar-refractivity contribution < 1.29 is 4.79 Å². The molecule has 1 aromatic carbocycles. The van der Waals surface area contributed by atoms with Crippen molar-refractivity contribution in [1.82, 2.24) is 9.78 Å². The Kier molecular flexibility index (Phi) is 2.57. The number of amides is 1. The fraction of sp³-hybridized carbons (Fsp3) is 0.0769. The smallest absolute Gasteiger partial charge is 0.263 e. The monoisotopic (exact) mass is 272 g/mol. The highest BCUT2D eigenvalue weighted by atomic mass is 35.5. The first-order valence-electron chi connectivity index (χ1n) is 5.59. The number of hydrogen-bond donors (Lipinski definition) is 0. The van der Waals surface area contributed by atoms with E-state index in [1.54, 1.807) is 10.7 Å². The summed E-state index contributed by atoms with van der Waals surface area (Å²) < 4.78 is 1.62. The average molecular weight is 273 g/mol. The maximum Gasteiger partial charge on any atom is 0.316 e. The van der Waals surface area contributed by atoms with Crippen LogP contribution in [0.15, 0.2) is 41.1 Å². The summed E-state index contributed by atoms with van der Waals surface area (Å²) in [7, 11) is 0. The molecule has 0 spiro atoms. The Balaban J connectivity index is 2.27. The lowest BCUT2D eigenvalue weighted by Gasteiger charge is -2.07. The van der Waals surface area contributed by atoms with Crippen LogP contribution in [0.25, 0.3) is 11.4 Å². The number of nitrogens with zero attached hydrogens (tertiary/aromatic N) is 4. The van der Waals surface area contributed by atoms with E-state index in [1.807, 2.05) is 25.1 Å². The van der Waals surface area contributed by atoms with Crippen molar-refractivity contribution in [2.45, 2.75) is 6.92 Å². The number of para-hydroxylation sites is 1. The molecule has 1 aliphatic rings. The van der Waals surface area contributed by atoms with Crippen LogP contribution in [0.2, 0.25) is 5.02 Å². The van der Waals surface area contributed by atoms with Crippen LogP contribution in [-0.4, -0.2) is 15.7 Å². The van der Waals surface area contributed by atoms with Gasteiger partial charge in [-0.1, -0.05) is 30.3 Å². The van der Waals surface area contributed by atoms with E-state index in [9.17, 15) is 4.79 Å². The summed E-state index contributed by atoms with van der Waals surface area (Å²) in [5.41, 5.74) is 2.79. The molecule has 0 saturated heterocycles. The maximum absolute atomic E-state index is 11.7. The number of rotatable bonds is 1. The SMILES string of the molecule is C=C1N=NC(=O)c2nn(-c3ccccc3Cl)c(C)c21. The predicted molar refractivity (Wildman–Crippen MR) is 71.5 cm³/mol. The number of benzene rings is 1. The van der Waals surface area contributed by atoms with E-state index >= 15 is 0 Å². The molecule has 0 radical (unpaired) electrons. The lowest BCUT2D eigenvalue weighted by molar-refractivity contribution is 0.0987. The lowest BCUT2D eigenvalue weighted by Crippen LogP contribution is -2.03. The van der Waals surface area contributed by atoms with Gasteiger partial charge in [-0.05, 0) is 19.1 Å². The number of carbonyl (C=O) groups is 1. The van der Waals surface area contributed by atoms with Crippen molar-refractivity contribution in [3.8, 4) is 5.69 Å². The van der Waals surface area contributed by atoms with E-state index in [0.29, 0.717) is 22.0 Å². The first-order chi connectivity index (χ1) is 9.09. The fourth-order valence-electron chi connectivity index (χ4n) is 2.06. The summed E-state index contributed by atoms with van der Waals surface area (Å²) in [5.74, 6) is -0.462. The average Bonchev–Trinajstić information content (AvgIpc) is 2.74. The summed E-state index contributed by atoms with van der Waals surface area (Å²) in [5, 5.41) is 12.1. The van der Waals surface area contributed by atoms with E-state index < -0.39 is 5.91 Å². The van der Waals surface area contributed by atoms with Crippen LogP contribution in [-0.2, 0) is 0 Å². The Hall–Kier alpha value is -2.27. The molecule has 0 aliphatic carbocycles. The largest absolute Gasteiger partial charge is 0.316 e. The molecule has 0 unspecified atom stereocenters. The minimum atomic E-state index is -0.462. The molecule has 19 heavy (non-hydrogen) atoms. The molecule has 0 atom stereocenters. The first kappa shape index (κ1) is 11.8. The van der Waals surface area contributed by atoms with E-state index in [0.717, 1.165) is 5.69 Å². The van der Waals surface area contributed by atoms with Crippen molar-refractivity contribution in [2.24, 2.45) is 10.2 Å². The van der Waals surface area contributed by atoms with Crippen LogP contribution in [0.5, 0.6) is 0 Å². The van der Waals surface area contributed by atoms with Gasteiger partial charge >= 0.3 is 5.91 Å². The van der Waals surface area contributed by atoms with E-state index in [4.69, 9.17) is 11.6 Å². The van der Waals surface area contributed by atoms with Crippen LogP contribution in [0.1, 0.15) is 21.7 Å². The number of hydrogen-bond acceptors (Lipinski definition) is 3. The molecule has 0 saturated carbocycles. The molecule has 2 heterocycles. The van der Waals surface area contributed by atoms with Gasteiger partial charge in [0.15, 0.2) is 5.69 Å². The van der Waals surface area contributed by atoms with E-state index in [1.165, 1.54) is 0 Å². The second-order valence-electron chi connectivity index (χ2n) is 4.12. The zero-order chi connectivity index (χ0) is 13.6. The zero-order valence-corrected chi connectivity index (χ0v) is 10.8. The molecule has 0 bridgehead atoms. The highest BCUT2D eigenvalue weighted by molar-refractivity contribution is 6.32. The Morgan fingerprint density at radius 3 is 2.68 bits per heavy atom. The summed E-state index contributed by atoms with van der Waals surface area (Å²) >= 11 is 6.15. The van der Waals surface area contributed by atoms with Gasteiger partial charge < -0.3 is 0 Å². The summed E-state index contributed by atoms with van der Waals surface area (Å²) in [6, 6.07) is 7.28. The van der Waals surface area contributed by atoms with Gasteiger partial charge in [-0.3, -0.25) is 4.79 Å². The number of halogens is 1. The Morgan fingerprint density at radius 2 is 2.00 bits per heavy atom. The van der Waals surface area contributed by atoms with Crippen molar-refractivity contribution in [3.63, 3.8) is 0 Å². The highest BCUT2D eigenvalue weighted by Gasteiger charge is 2.27. The highest BCUT2D eigenvalue weighted by Crippen LogP contribution is 2.30. The number of aromatic nitrogens is 2. The van der Waals surface area contributed by atoms with Gasteiger partial charge in [0.25, 0.3) is 0 Å². The van der Waals surface area contributed by atoms with Gasteiger partial charge in [0.05, 0.1) is 27.7 Å². The first-order valence-corrected chi connectivity index (χ1v) is 5.97. The second-order valence-corrected chi connectivity index (χ2v) is 4.53. The standard InChI is InChI=1S/C13H9ClN4O/c1-7-11-8(2)18(10-6-4-3-5-9(10)14)17-12(11)13(19)16-15-7/h3-6H,1H2,2H3. The lowest BCUT2D eigenvalue weighted by atomic mass is 10.1. The summed E-state index contributed by atoms with van der Waals surface area (Å²) in [4.78, 5) is 11.7. The van der Waals surface area contributed by atoms with Gasteiger partial charge in [-0.15, -0.1) is 10.2 Å². The van der Waals surface area contributed by atoms with Crippen molar-refractivity contribution in [2.75, 3.05) is 0 Å². The quantitative estimate of drug-likeness (QED) is 0.799. The third kappa shape index (κ3) is 1.70. The fourth-order valence-corrected chi connectivity index (χ4v) is 2.27. The Bertz CT molecular complexity index is 745. The molecule has 5 nitrogen and oxygen atoms in total. The number of azo groups is 1. The molecule has 94 valence electrons. The van der Waals surface area contributed by atoms with Crippen molar-refractivity contribution in [1.29, 1.82) is 0 Å². The van der Waals surface area contributed by atoms with Gasteiger partial charge in [0.2, 0.25) is 0 Å². The molecule has 2 aromatic rings. The third-order valence-electron chi connectivity index (χ3n) is 2.95. The molecule has 0 fully saturated rings. The van der Waals surface area contributed by atoms with Gasteiger partial charge in [-0.2, -0.15) is 5.10 Å². The summed E-state index contributed by atoms with van der Waals surface area (Å²) in [6.07, 6.45) is 0. The van der Waals surface area contributed by atoms with Crippen LogP contribution in [0.4, 0.5) is 0 Å². The molecular weight excluding hydrogens is 264 g/mol. The number of carbonyl (C=O) groups excluding carboxylic acids is 1. The molecule has 3 rings (SSSR count). The zero-order valence-electron chi connectivity index (χ0n) is 10.1. The van der Waals surface area contributed by atoms with Crippen LogP contribution in [0, 0.1) is 6.92 Å². The Morgan fingerprint density at radius 1 is 1.26 bits per heavy atom. The van der Waals surface area contributed by atoms with Gasteiger partial charge in [0, 0.05) is 0 Å². The van der Waals surface area contributed by atoms with Crippen molar-refractivity contribution in [3.05, 3.63) is 52.8 Å². The number of fused-ring (bicyclic) bond motifs is 1. The molecule has 1 aromatic heterocycles. The van der Waals surface area contributed by atoms with Crippen LogP contribution in [0.3, 0.4) is 0 Å².